The van der Waals surface area contributed by atoms with Crippen molar-refractivity contribution in [1.82, 2.24) is 9.97 Å². The van der Waals surface area contributed by atoms with Crippen LogP contribution in [0.15, 0.2) is 36.0 Å². The van der Waals surface area contributed by atoms with E-state index in [4.69, 9.17) is 4.74 Å². The highest BCUT2D eigenvalue weighted by atomic mass is 32.1. The van der Waals surface area contributed by atoms with E-state index in [1.807, 2.05) is 24.3 Å². The predicted molar refractivity (Wildman–Crippen MR) is 99.4 cm³/mol. The number of anilines is 2. The Bertz CT molecular complexity index is 839. The van der Waals surface area contributed by atoms with Crippen LogP contribution < -0.4 is 10.1 Å². The van der Waals surface area contributed by atoms with Gasteiger partial charge in [-0.15, -0.1) is 11.3 Å². The second kappa shape index (κ2) is 6.77. The van der Waals surface area contributed by atoms with E-state index >= 15 is 0 Å². The van der Waals surface area contributed by atoms with Gasteiger partial charge in [0.05, 0.1) is 17.2 Å². The van der Waals surface area contributed by atoms with Crippen LogP contribution in [-0.2, 0) is 0 Å². The summed E-state index contributed by atoms with van der Waals surface area (Å²) < 4.78 is 6.28. The standard InChI is InChI=1S/C19H21N3OS/c1-13-11-24-19-17(13)18(20-12-21-19)22-15-9-5-6-10-16(15)23-14-7-3-2-4-8-14/h5-6,9-12,14H,2-4,7-8H2,1H3,(H,20,21,22). The zero-order valence-electron chi connectivity index (χ0n) is 13.8. The maximum absolute atomic E-state index is 6.28. The van der Waals surface area contributed by atoms with E-state index < -0.39 is 0 Å². The largest absolute Gasteiger partial charge is 0.488 e. The first-order valence-corrected chi connectivity index (χ1v) is 9.41. The second-order valence-electron chi connectivity index (χ2n) is 6.32. The Morgan fingerprint density at radius 3 is 2.83 bits per heavy atom. The van der Waals surface area contributed by atoms with Crippen molar-refractivity contribution in [1.29, 1.82) is 0 Å². The normalized spacial score (nSPS) is 15.5. The number of hydrogen-bond acceptors (Lipinski definition) is 5. The Labute approximate surface area is 145 Å². The average Bonchev–Trinajstić information content (AvgIpc) is 3.00. The van der Waals surface area contributed by atoms with Crippen molar-refractivity contribution in [3.8, 4) is 5.75 Å². The van der Waals surface area contributed by atoms with E-state index in [-0.39, 0.29) is 0 Å². The van der Waals surface area contributed by atoms with E-state index in [9.17, 15) is 0 Å². The van der Waals surface area contributed by atoms with Gasteiger partial charge < -0.3 is 10.1 Å². The minimum atomic E-state index is 0.329. The minimum absolute atomic E-state index is 0.329. The van der Waals surface area contributed by atoms with Gasteiger partial charge >= 0.3 is 0 Å². The van der Waals surface area contributed by atoms with Crippen LogP contribution in [0, 0.1) is 6.92 Å². The number of ether oxygens (including phenoxy) is 1. The number of thiophene rings is 1. The molecule has 1 saturated carbocycles. The Kier molecular flexibility index (Phi) is 4.34. The lowest BCUT2D eigenvalue weighted by Crippen LogP contribution is -2.20. The number of para-hydroxylation sites is 2. The Balaban J connectivity index is 1.63. The monoisotopic (exact) mass is 339 g/mol. The van der Waals surface area contributed by atoms with Crippen LogP contribution in [0.2, 0.25) is 0 Å². The molecule has 0 bridgehead atoms. The van der Waals surface area contributed by atoms with Crippen molar-refractivity contribution in [2.45, 2.75) is 45.1 Å². The summed E-state index contributed by atoms with van der Waals surface area (Å²) in [6.07, 6.45) is 8.10. The van der Waals surface area contributed by atoms with E-state index in [0.717, 1.165) is 40.3 Å². The van der Waals surface area contributed by atoms with Crippen LogP contribution in [0.1, 0.15) is 37.7 Å². The molecule has 1 aromatic carbocycles. The molecular formula is C19H21N3OS. The number of nitrogens with zero attached hydrogens (tertiary/aromatic N) is 2. The molecule has 4 nitrogen and oxygen atoms in total. The molecule has 0 saturated heterocycles. The molecule has 1 aliphatic carbocycles. The van der Waals surface area contributed by atoms with E-state index in [2.05, 4.69) is 27.6 Å². The fraction of sp³-hybridized carbons (Fsp3) is 0.368. The number of fused-ring (bicyclic) bond motifs is 1. The number of aromatic nitrogens is 2. The Hall–Kier alpha value is -2.14. The predicted octanol–water partition coefficient (Wildman–Crippen LogP) is 5.45. The second-order valence-corrected chi connectivity index (χ2v) is 7.18. The molecule has 0 spiro atoms. The lowest BCUT2D eigenvalue weighted by atomic mass is 9.98. The molecule has 24 heavy (non-hydrogen) atoms. The van der Waals surface area contributed by atoms with Crippen LogP contribution in [-0.4, -0.2) is 16.1 Å². The SMILES string of the molecule is Cc1csc2ncnc(Nc3ccccc3OC3CCCCC3)c12. The maximum Gasteiger partial charge on any atom is 0.143 e. The number of hydrogen-bond donors (Lipinski definition) is 1. The molecule has 0 unspecified atom stereocenters. The molecule has 0 amide bonds. The quantitative estimate of drug-likeness (QED) is 0.686. The van der Waals surface area contributed by atoms with Gasteiger partial charge in [0.25, 0.3) is 0 Å². The van der Waals surface area contributed by atoms with E-state index in [1.165, 1.54) is 24.8 Å². The smallest absolute Gasteiger partial charge is 0.143 e. The average molecular weight is 339 g/mol. The van der Waals surface area contributed by atoms with Crippen molar-refractivity contribution in [3.63, 3.8) is 0 Å². The van der Waals surface area contributed by atoms with Crippen molar-refractivity contribution < 1.29 is 4.74 Å². The van der Waals surface area contributed by atoms with Crippen molar-refractivity contribution >= 4 is 33.1 Å². The van der Waals surface area contributed by atoms with Gasteiger partial charge in [0, 0.05) is 0 Å². The molecule has 3 aromatic rings. The third-order valence-electron chi connectivity index (χ3n) is 4.54. The molecule has 0 atom stereocenters. The van der Waals surface area contributed by atoms with Crippen molar-refractivity contribution in [2.24, 2.45) is 0 Å². The molecule has 0 radical (unpaired) electrons. The van der Waals surface area contributed by atoms with Gasteiger partial charge in [-0.3, -0.25) is 0 Å². The number of nitrogens with one attached hydrogen (secondary N) is 1. The first-order chi connectivity index (χ1) is 11.8. The highest BCUT2D eigenvalue weighted by Crippen LogP contribution is 2.34. The zero-order chi connectivity index (χ0) is 16.4. The summed E-state index contributed by atoms with van der Waals surface area (Å²) in [7, 11) is 0. The third kappa shape index (κ3) is 3.08. The highest BCUT2D eigenvalue weighted by Gasteiger charge is 2.17. The molecular weight excluding hydrogens is 318 g/mol. The summed E-state index contributed by atoms with van der Waals surface area (Å²) >= 11 is 1.65. The van der Waals surface area contributed by atoms with Gasteiger partial charge in [-0.05, 0) is 55.7 Å². The fourth-order valence-corrected chi connectivity index (χ4v) is 4.16. The Morgan fingerprint density at radius 2 is 1.96 bits per heavy atom. The molecule has 0 aliphatic heterocycles. The topological polar surface area (TPSA) is 47.0 Å². The van der Waals surface area contributed by atoms with Gasteiger partial charge in [0.2, 0.25) is 0 Å². The number of aryl methyl sites for hydroxylation is 1. The fourth-order valence-electron chi connectivity index (χ4n) is 3.27. The van der Waals surface area contributed by atoms with Crippen LogP contribution in [0.5, 0.6) is 5.75 Å². The van der Waals surface area contributed by atoms with Crippen LogP contribution in [0.4, 0.5) is 11.5 Å². The summed E-state index contributed by atoms with van der Waals surface area (Å²) in [6.45, 7) is 2.10. The zero-order valence-corrected chi connectivity index (χ0v) is 14.6. The third-order valence-corrected chi connectivity index (χ3v) is 5.54. The van der Waals surface area contributed by atoms with Crippen molar-refractivity contribution in [3.05, 3.63) is 41.5 Å². The first-order valence-electron chi connectivity index (χ1n) is 8.53. The number of benzene rings is 1. The lowest BCUT2D eigenvalue weighted by Gasteiger charge is -2.24. The first kappa shape index (κ1) is 15.4. The summed E-state index contributed by atoms with van der Waals surface area (Å²) in [5.74, 6) is 1.75. The molecule has 1 N–H and O–H groups in total. The summed E-state index contributed by atoms with van der Waals surface area (Å²) in [5.41, 5.74) is 2.16. The molecule has 2 aromatic heterocycles. The maximum atomic E-state index is 6.28. The van der Waals surface area contributed by atoms with Gasteiger partial charge in [0.15, 0.2) is 0 Å². The van der Waals surface area contributed by atoms with Crippen LogP contribution in [0.25, 0.3) is 10.2 Å². The summed E-state index contributed by atoms with van der Waals surface area (Å²) in [6, 6.07) is 8.13. The summed E-state index contributed by atoms with van der Waals surface area (Å²) in [4.78, 5) is 9.82. The molecule has 1 aliphatic rings. The lowest BCUT2D eigenvalue weighted by molar-refractivity contribution is 0.156. The van der Waals surface area contributed by atoms with Gasteiger partial charge in [0.1, 0.15) is 22.7 Å². The van der Waals surface area contributed by atoms with Gasteiger partial charge in [-0.1, -0.05) is 18.6 Å². The molecule has 1 fully saturated rings. The molecule has 4 rings (SSSR count). The van der Waals surface area contributed by atoms with Crippen LogP contribution in [0.3, 0.4) is 0 Å². The number of rotatable bonds is 4. The molecule has 124 valence electrons. The van der Waals surface area contributed by atoms with Gasteiger partial charge in [-0.2, -0.15) is 0 Å². The highest BCUT2D eigenvalue weighted by molar-refractivity contribution is 7.17. The minimum Gasteiger partial charge on any atom is -0.488 e. The summed E-state index contributed by atoms with van der Waals surface area (Å²) in [5, 5.41) is 6.68. The Morgan fingerprint density at radius 1 is 1.12 bits per heavy atom. The molecule has 5 heteroatoms. The van der Waals surface area contributed by atoms with Gasteiger partial charge in [-0.25, -0.2) is 9.97 Å². The van der Waals surface area contributed by atoms with Crippen molar-refractivity contribution in [2.75, 3.05) is 5.32 Å². The molecule has 2 heterocycles. The van der Waals surface area contributed by atoms with E-state index in [1.54, 1.807) is 17.7 Å². The van der Waals surface area contributed by atoms with E-state index in [0.29, 0.717) is 6.10 Å². The van der Waals surface area contributed by atoms with Crippen LogP contribution >= 0.6 is 11.3 Å².